The molecule has 1 aliphatic rings. The number of fused-ring (bicyclic) bond motifs is 1. The lowest BCUT2D eigenvalue weighted by molar-refractivity contribution is 0.478. The van der Waals surface area contributed by atoms with Crippen molar-refractivity contribution in [1.82, 2.24) is 0 Å². The first-order chi connectivity index (χ1) is 8.31. The Morgan fingerprint density at radius 2 is 2.12 bits per heavy atom. The van der Waals surface area contributed by atoms with Gasteiger partial charge in [-0.3, -0.25) is 0 Å². The van der Waals surface area contributed by atoms with E-state index in [1.165, 1.54) is 10.6 Å². The molecule has 2 aromatic rings. The second-order valence-corrected chi connectivity index (χ2v) is 5.54. The molecular weight excluding hydrogens is 230 g/mol. The van der Waals surface area contributed by atoms with E-state index >= 15 is 0 Å². The summed E-state index contributed by atoms with van der Waals surface area (Å²) in [5.74, 6) is 2.08. The number of furan rings is 1. The zero-order valence-corrected chi connectivity index (χ0v) is 10.6. The van der Waals surface area contributed by atoms with Crippen molar-refractivity contribution in [2.75, 3.05) is 5.32 Å². The molecule has 0 radical (unpaired) electrons. The number of anilines is 1. The molecule has 0 bridgehead atoms. The Labute approximate surface area is 105 Å². The van der Waals surface area contributed by atoms with Gasteiger partial charge < -0.3 is 9.73 Å². The van der Waals surface area contributed by atoms with Crippen LogP contribution in [0.4, 0.5) is 5.69 Å². The van der Waals surface area contributed by atoms with E-state index < -0.39 is 0 Å². The average molecular weight is 245 g/mol. The summed E-state index contributed by atoms with van der Waals surface area (Å²) < 4.78 is 5.58. The summed E-state index contributed by atoms with van der Waals surface area (Å²) in [5.41, 5.74) is 1.26. The van der Waals surface area contributed by atoms with Crippen molar-refractivity contribution < 1.29 is 4.42 Å². The van der Waals surface area contributed by atoms with Gasteiger partial charge in [0.15, 0.2) is 0 Å². The Balaban J connectivity index is 1.59. The highest BCUT2D eigenvalue weighted by molar-refractivity contribution is 8.00. The van der Waals surface area contributed by atoms with Crippen molar-refractivity contribution in [3.8, 4) is 0 Å². The van der Waals surface area contributed by atoms with Gasteiger partial charge in [0.1, 0.15) is 11.5 Å². The van der Waals surface area contributed by atoms with Crippen molar-refractivity contribution in [1.29, 1.82) is 0 Å². The number of benzene rings is 1. The minimum atomic E-state index is 0.470. The molecule has 3 heteroatoms. The van der Waals surface area contributed by atoms with Gasteiger partial charge in [-0.2, -0.15) is 0 Å². The Bertz CT molecular complexity index is 495. The van der Waals surface area contributed by atoms with E-state index in [2.05, 4.69) is 35.6 Å². The van der Waals surface area contributed by atoms with Gasteiger partial charge >= 0.3 is 0 Å². The van der Waals surface area contributed by atoms with Crippen LogP contribution in [0.3, 0.4) is 0 Å². The molecule has 0 fully saturated rings. The van der Waals surface area contributed by atoms with Gasteiger partial charge in [-0.1, -0.05) is 23.9 Å². The fraction of sp³-hybridized carbons (Fsp3) is 0.286. The van der Waals surface area contributed by atoms with Gasteiger partial charge in [0, 0.05) is 17.0 Å². The summed E-state index contributed by atoms with van der Waals surface area (Å²) in [6, 6.07) is 12.6. The predicted molar refractivity (Wildman–Crippen MR) is 71.5 cm³/mol. The monoisotopic (exact) mass is 245 g/mol. The van der Waals surface area contributed by atoms with Crippen LogP contribution in [0.5, 0.6) is 0 Å². The molecule has 17 heavy (non-hydrogen) atoms. The normalized spacial score (nSPS) is 17.8. The Kier molecular flexibility index (Phi) is 2.85. The Morgan fingerprint density at radius 3 is 2.88 bits per heavy atom. The average Bonchev–Trinajstić information content (AvgIpc) is 2.91. The first-order valence-corrected chi connectivity index (χ1v) is 6.77. The van der Waals surface area contributed by atoms with Crippen molar-refractivity contribution in [3.05, 3.63) is 47.9 Å². The molecule has 1 aromatic heterocycles. The van der Waals surface area contributed by atoms with Gasteiger partial charge in [-0.25, -0.2) is 0 Å². The number of nitrogens with one attached hydrogen (secondary N) is 1. The van der Waals surface area contributed by atoms with E-state index in [1.54, 1.807) is 0 Å². The summed E-state index contributed by atoms with van der Waals surface area (Å²) in [6.45, 7) is 1.99. The molecule has 1 N–H and O–H groups in total. The molecule has 88 valence electrons. The molecule has 1 aliphatic heterocycles. The van der Waals surface area contributed by atoms with Crippen LogP contribution in [0.2, 0.25) is 0 Å². The number of thioether (sulfide) groups is 1. The lowest BCUT2D eigenvalue weighted by atomic mass is 10.2. The summed E-state index contributed by atoms with van der Waals surface area (Å²) >= 11 is 1.91. The highest BCUT2D eigenvalue weighted by Gasteiger charge is 2.20. The Hall–Kier alpha value is -1.35. The fourth-order valence-electron chi connectivity index (χ4n) is 2.07. The summed E-state index contributed by atoms with van der Waals surface area (Å²) in [6.07, 6.45) is 2.08. The highest BCUT2D eigenvalue weighted by atomic mass is 32.2. The first-order valence-electron chi connectivity index (χ1n) is 5.89. The molecule has 1 unspecified atom stereocenters. The van der Waals surface area contributed by atoms with E-state index in [0.29, 0.717) is 5.37 Å². The molecule has 2 heterocycles. The molecule has 0 amide bonds. The maximum atomic E-state index is 5.58. The Morgan fingerprint density at radius 1 is 1.24 bits per heavy atom. The topological polar surface area (TPSA) is 25.2 Å². The quantitative estimate of drug-likeness (QED) is 0.882. The fourth-order valence-corrected chi connectivity index (χ4v) is 3.21. The second-order valence-electron chi connectivity index (χ2n) is 4.30. The smallest absolute Gasteiger partial charge is 0.104 e. The van der Waals surface area contributed by atoms with Crippen molar-refractivity contribution in [3.63, 3.8) is 0 Å². The van der Waals surface area contributed by atoms with Crippen LogP contribution in [0.25, 0.3) is 0 Å². The van der Waals surface area contributed by atoms with Gasteiger partial charge in [0.25, 0.3) is 0 Å². The van der Waals surface area contributed by atoms with Gasteiger partial charge in [-0.05, 0) is 37.6 Å². The van der Waals surface area contributed by atoms with Crippen LogP contribution < -0.4 is 5.32 Å². The number of aryl methyl sites for hydroxylation is 2. The summed E-state index contributed by atoms with van der Waals surface area (Å²) in [4.78, 5) is 1.35. The third kappa shape index (κ3) is 2.34. The highest BCUT2D eigenvalue weighted by Crippen LogP contribution is 2.39. The minimum absolute atomic E-state index is 0.470. The number of para-hydroxylation sites is 1. The molecule has 0 saturated carbocycles. The van der Waals surface area contributed by atoms with Crippen LogP contribution in [-0.4, -0.2) is 5.37 Å². The number of hydrogen-bond donors (Lipinski definition) is 1. The lowest BCUT2D eigenvalue weighted by Crippen LogP contribution is -2.10. The van der Waals surface area contributed by atoms with Crippen LogP contribution in [0.15, 0.2) is 45.7 Å². The van der Waals surface area contributed by atoms with E-state index in [9.17, 15) is 0 Å². The first kappa shape index (κ1) is 10.8. The molecular formula is C14H15NOS. The predicted octanol–water partition coefficient (Wildman–Crippen LogP) is 4.06. The van der Waals surface area contributed by atoms with E-state index in [0.717, 1.165) is 24.4 Å². The maximum Gasteiger partial charge on any atom is 0.104 e. The van der Waals surface area contributed by atoms with Crippen molar-refractivity contribution in [2.24, 2.45) is 0 Å². The molecule has 1 aromatic carbocycles. The van der Waals surface area contributed by atoms with E-state index in [-0.39, 0.29) is 0 Å². The maximum absolute atomic E-state index is 5.58. The van der Waals surface area contributed by atoms with Gasteiger partial charge in [-0.15, -0.1) is 0 Å². The summed E-state index contributed by atoms with van der Waals surface area (Å²) in [5, 5.41) is 4.00. The van der Waals surface area contributed by atoms with E-state index in [4.69, 9.17) is 4.42 Å². The second kappa shape index (κ2) is 4.49. The van der Waals surface area contributed by atoms with Crippen LogP contribution in [0, 0.1) is 6.92 Å². The lowest BCUT2D eigenvalue weighted by Gasteiger charge is -2.08. The number of hydrogen-bond acceptors (Lipinski definition) is 3. The SMILES string of the molecule is Cc1ccc(CCC2Nc3ccccc3S2)o1. The molecule has 0 spiro atoms. The number of rotatable bonds is 3. The third-order valence-corrected chi connectivity index (χ3v) is 4.17. The largest absolute Gasteiger partial charge is 0.466 e. The standard InChI is InChI=1S/C14H15NOS/c1-10-6-7-11(16-10)8-9-14-15-12-4-2-3-5-13(12)17-14/h2-7,14-15H,8-9H2,1H3. The molecule has 1 atom stereocenters. The molecule has 0 saturated heterocycles. The zero-order valence-electron chi connectivity index (χ0n) is 9.77. The van der Waals surface area contributed by atoms with Gasteiger partial charge in [0.05, 0.1) is 5.37 Å². The van der Waals surface area contributed by atoms with Crippen LogP contribution in [-0.2, 0) is 6.42 Å². The minimum Gasteiger partial charge on any atom is -0.466 e. The summed E-state index contributed by atoms with van der Waals surface area (Å²) in [7, 11) is 0. The third-order valence-electron chi connectivity index (χ3n) is 2.92. The zero-order chi connectivity index (χ0) is 11.7. The van der Waals surface area contributed by atoms with Gasteiger partial charge in [0.2, 0.25) is 0 Å². The van der Waals surface area contributed by atoms with E-state index in [1.807, 2.05) is 24.8 Å². The van der Waals surface area contributed by atoms with Crippen LogP contribution >= 0.6 is 11.8 Å². The molecule has 2 nitrogen and oxygen atoms in total. The molecule has 0 aliphatic carbocycles. The van der Waals surface area contributed by atoms with Crippen molar-refractivity contribution >= 4 is 17.4 Å². The molecule has 3 rings (SSSR count). The van der Waals surface area contributed by atoms with Crippen molar-refractivity contribution in [2.45, 2.75) is 30.0 Å². The van der Waals surface area contributed by atoms with Crippen LogP contribution in [0.1, 0.15) is 17.9 Å².